The fourth-order valence-electron chi connectivity index (χ4n) is 2.59. The van der Waals surface area contributed by atoms with Crippen molar-refractivity contribution in [3.05, 3.63) is 11.3 Å². The Balaban J connectivity index is 2.58. The highest BCUT2D eigenvalue weighted by Gasteiger charge is 2.23. The van der Waals surface area contributed by atoms with Crippen LogP contribution in [0.3, 0.4) is 0 Å². The zero-order valence-electron chi connectivity index (χ0n) is 10.7. The molecule has 88 valence electrons. The van der Waals surface area contributed by atoms with Gasteiger partial charge in [-0.1, -0.05) is 50.2 Å². The third-order valence-corrected chi connectivity index (χ3v) is 4.54. The van der Waals surface area contributed by atoms with Gasteiger partial charge < -0.3 is 5.11 Å². The summed E-state index contributed by atoms with van der Waals surface area (Å²) in [6, 6.07) is 0. The molecule has 1 aliphatic rings. The van der Waals surface area contributed by atoms with E-state index < -0.39 is 8.07 Å². The summed E-state index contributed by atoms with van der Waals surface area (Å²) < 4.78 is 0. The molecule has 0 aliphatic heterocycles. The summed E-state index contributed by atoms with van der Waals surface area (Å²) in [5.74, 6) is 0.534. The molecule has 2 heteroatoms. The molecule has 1 saturated carbocycles. The average Bonchev–Trinajstić information content (AvgIpc) is 2.15. The summed E-state index contributed by atoms with van der Waals surface area (Å²) in [6.07, 6.45) is 6.25. The third kappa shape index (κ3) is 4.52. The fourth-order valence-corrected chi connectivity index (χ4v) is 4.13. The topological polar surface area (TPSA) is 20.2 Å². The summed E-state index contributed by atoms with van der Waals surface area (Å²) in [7, 11) is -1.17. The predicted molar refractivity (Wildman–Crippen MR) is 69.7 cm³/mol. The minimum absolute atomic E-state index is 0.169. The van der Waals surface area contributed by atoms with Crippen LogP contribution in [0.2, 0.25) is 19.6 Å². The van der Waals surface area contributed by atoms with Gasteiger partial charge in [0.05, 0.1) is 14.2 Å². The van der Waals surface area contributed by atoms with Crippen LogP contribution in [0.15, 0.2) is 11.3 Å². The third-order valence-electron chi connectivity index (χ3n) is 3.22. The number of hydrogen-bond donors (Lipinski definition) is 1. The van der Waals surface area contributed by atoms with Crippen LogP contribution in [-0.4, -0.2) is 19.3 Å². The molecule has 0 heterocycles. The van der Waals surface area contributed by atoms with Gasteiger partial charge in [0.2, 0.25) is 0 Å². The van der Waals surface area contributed by atoms with Crippen molar-refractivity contribution in [2.75, 3.05) is 0 Å². The van der Waals surface area contributed by atoms with Crippen LogP contribution >= 0.6 is 0 Å². The van der Waals surface area contributed by atoms with Crippen LogP contribution in [0.25, 0.3) is 0 Å². The number of rotatable bonds is 3. The lowest BCUT2D eigenvalue weighted by molar-refractivity contribution is 0.115. The molecule has 15 heavy (non-hydrogen) atoms. The van der Waals surface area contributed by atoms with Gasteiger partial charge >= 0.3 is 0 Å². The molecule has 1 N–H and O–H groups in total. The highest BCUT2D eigenvalue weighted by Crippen LogP contribution is 2.29. The maximum absolute atomic E-state index is 10.3. The molecule has 0 aromatic heterocycles. The summed E-state index contributed by atoms with van der Waals surface area (Å²) in [6.45, 7) is 9.08. The smallest absolute Gasteiger partial charge is 0.0771 e. The SMILES string of the molecule is C/C(=C\[Si](C)(C)C)C(O)C1CCCCC1. The van der Waals surface area contributed by atoms with Gasteiger partial charge in [0.15, 0.2) is 0 Å². The van der Waals surface area contributed by atoms with Gasteiger partial charge in [0.25, 0.3) is 0 Å². The first kappa shape index (κ1) is 13.0. The molecule has 1 fully saturated rings. The Hall–Kier alpha value is -0.0831. The normalized spacial score (nSPS) is 22.9. The highest BCUT2D eigenvalue weighted by atomic mass is 28.3. The Morgan fingerprint density at radius 2 is 1.73 bits per heavy atom. The van der Waals surface area contributed by atoms with Crippen LogP contribution in [0.1, 0.15) is 39.0 Å². The van der Waals surface area contributed by atoms with E-state index in [0.29, 0.717) is 5.92 Å². The molecule has 0 aromatic carbocycles. The van der Waals surface area contributed by atoms with Crippen molar-refractivity contribution < 1.29 is 5.11 Å². The van der Waals surface area contributed by atoms with E-state index in [1.54, 1.807) is 0 Å². The minimum Gasteiger partial charge on any atom is -0.389 e. The van der Waals surface area contributed by atoms with Crippen LogP contribution in [0.5, 0.6) is 0 Å². The van der Waals surface area contributed by atoms with E-state index in [2.05, 4.69) is 32.3 Å². The summed E-state index contributed by atoms with van der Waals surface area (Å²) >= 11 is 0. The molecular weight excluding hydrogens is 200 g/mol. The van der Waals surface area contributed by atoms with Crippen molar-refractivity contribution in [3.8, 4) is 0 Å². The quantitative estimate of drug-likeness (QED) is 0.727. The largest absolute Gasteiger partial charge is 0.389 e. The molecule has 1 aliphatic carbocycles. The highest BCUT2D eigenvalue weighted by molar-refractivity contribution is 6.81. The molecule has 0 radical (unpaired) electrons. The second-order valence-corrected chi connectivity index (χ2v) is 11.1. The van der Waals surface area contributed by atoms with Gasteiger partial charge in [0, 0.05) is 0 Å². The first-order chi connectivity index (χ1) is 6.90. The molecule has 0 amide bonds. The predicted octanol–water partition coefficient (Wildman–Crippen LogP) is 3.75. The van der Waals surface area contributed by atoms with Crippen molar-refractivity contribution in [1.82, 2.24) is 0 Å². The second kappa shape index (κ2) is 5.31. The van der Waals surface area contributed by atoms with Crippen molar-refractivity contribution in [3.63, 3.8) is 0 Å². The second-order valence-electron chi connectivity index (χ2n) is 6.10. The Morgan fingerprint density at radius 3 is 2.20 bits per heavy atom. The monoisotopic (exact) mass is 226 g/mol. The molecule has 0 saturated heterocycles. The zero-order chi connectivity index (χ0) is 11.5. The summed E-state index contributed by atoms with van der Waals surface area (Å²) in [5.41, 5.74) is 3.58. The van der Waals surface area contributed by atoms with E-state index in [9.17, 15) is 5.11 Å². The molecular formula is C13H26OSi. The van der Waals surface area contributed by atoms with Crippen LogP contribution in [0, 0.1) is 5.92 Å². The van der Waals surface area contributed by atoms with E-state index in [1.165, 1.54) is 37.7 Å². The summed E-state index contributed by atoms with van der Waals surface area (Å²) in [4.78, 5) is 0. The molecule has 0 bridgehead atoms. The zero-order valence-corrected chi connectivity index (χ0v) is 11.7. The van der Waals surface area contributed by atoms with E-state index in [1.807, 2.05) is 0 Å². The van der Waals surface area contributed by atoms with Gasteiger partial charge in [-0.05, 0) is 25.7 Å². The van der Waals surface area contributed by atoms with Crippen molar-refractivity contribution in [2.45, 2.75) is 64.8 Å². The van der Waals surface area contributed by atoms with Crippen LogP contribution < -0.4 is 0 Å². The maximum atomic E-state index is 10.3. The van der Waals surface area contributed by atoms with E-state index in [-0.39, 0.29) is 6.10 Å². The number of aliphatic hydroxyl groups is 1. The van der Waals surface area contributed by atoms with Crippen LogP contribution in [0.4, 0.5) is 0 Å². The van der Waals surface area contributed by atoms with Gasteiger partial charge in [-0.2, -0.15) is 0 Å². The van der Waals surface area contributed by atoms with Gasteiger partial charge in [0.1, 0.15) is 0 Å². The average molecular weight is 226 g/mol. The Morgan fingerprint density at radius 1 is 1.20 bits per heavy atom. The Kier molecular flexibility index (Phi) is 4.59. The van der Waals surface area contributed by atoms with Crippen molar-refractivity contribution in [1.29, 1.82) is 0 Å². The Labute approximate surface area is 95.6 Å². The fraction of sp³-hybridized carbons (Fsp3) is 0.846. The lowest BCUT2D eigenvalue weighted by Gasteiger charge is -2.28. The van der Waals surface area contributed by atoms with Crippen molar-refractivity contribution in [2.24, 2.45) is 5.92 Å². The molecule has 1 nitrogen and oxygen atoms in total. The summed E-state index contributed by atoms with van der Waals surface area (Å²) in [5, 5.41) is 10.3. The molecule has 1 atom stereocenters. The molecule has 0 aromatic rings. The van der Waals surface area contributed by atoms with E-state index in [4.69, 9.17) is 0 Å². The van der Waals surface area contributed by atoms with Crippen molar-refractivity contribution >= 4 is 8.07 Å². The van der Waals surface area contributed by atoms with E-state index >= 15 is 0 Å². The first-order valence-corrected chi connectivity index (χ1v) is 9.85. The van der Waals surface area contributed by atoms with Gasteiger partial charge in [-0.15, -0.1) is 0 Å². The minimum atomic E-state index is -1.17. The molecule has 1 unspecified atom stereocenters. The van der Waals surface area contributed by atoms with Gasteiger partial charge in [-0.3, -0.25) is 0 Å². The molecule has 0 spiro atoms. The van der Waals surface area contributed by atoms with Crippen LogP contribution in [-0.2, 0) is 0 Å². The Bertz CT molecular complexity index is 221. The van der Waals surface area contributed by atoms with Gasteiger partial charge in [-0.25, -0.2) is 0 Å². The lowest BCUT2D eigenvalue weighted by Crippen LogP contribution is -2.26. The maximum Gasteiger partial charge on any atom is 0.0771 e. The molecule has 1 rings (SSSR count). The lowest BCUT2D eigenvalue weighted by atomic mass is 9.83. The van der Waals surface area contributed by atoms with E-state index in [0.717, 1.165) is 0 Å². The number of hydrogen-bond acceptors (Lipinski definition) is 1. The standard InChI is InChI=1S/C13H26OSi/c1-11(10-15(2,3)4)13(14)12-8-6-5-7-9-12/h10,12-14H,5-9H2,1-4H3/b11-10+. The number of aliphatic hydroxyl groups excluding tert-OH is 1. The first-order valence-electron chi connectivity index (χ1n) is 6.27.